The molecule has 0 saturated carbocycles. The van der Waals surface area contributed by atoms with E-state index in [-0.39, 0.29) is 6.04 Å². The molecule has 5 nitrogen and oxygen atoms in total. The van der Waals surface area contributed by atoms with Crippen LogP contribution in [-0.2, 0) is 24.0 Å². The van der Waals surface area contributed by atoms with E-state index in [0.717, 1.165) is 43.0 Å². The van der Waals surface area contributed by atoms with E-state index >= 15 is 0 Å². The number of aromatic nitrogens is 3. The first kappa shape index (κ1) is 17.6. The van der Waals surface area contributed by atoms with Crippen LogP contribution in [0.4, 0.5) is 5.95 Å². The highest BCUT2D eigenvalue weighted by Gasteiger charge is 2.30. The topological polar surface area (TPSA) is 59.9 Å². The van der Waals surface area contributed by atoms with Gasteiger partial charge in [-0.3, -0.25) is 4.98 Å². The zero-order valence-corrected chi connectivity index (χ0v) is 16.3. The molecular formula is C23H26N4O. The van der Waals surface area contributed by atoms with Crippen LogP contribution in [0.5, 0.6) is 0 Å². The standard InChI is InChI=1S/C23H26N4O/c1-15-18-6-2-5-9-21(18)26-23(25-15)27-22-14-28-13-17(22)12-16-10-11-24-20-8-4-3-7-19(16)20/h3-4,7-8,10-11,17,22H,2,5-6,9,12-14H2,1H3,(H,25,26,27)/t17-,22-/m1/s1. The molecule has 3 aromatic rings. The Morgan fingerprint density at radius 2 is 1.96 bits per heavy atom. The van der Waals surface area contributed by atoms with Crippen LogP contribution in [0.3, 0.4) is 0 Å². The summed E-state index contributed by atoms with van der Waals surface area (Å²) in [5, 5.41) is 4.82. The van der Waals surface area contributed by atoms with E-state index in [1.165, 1.54) is 35.0 Å². The Kier molecular flexibility index (Phi) is 4.69. The van der Waals surface area contributed by atoms with Crippen LogP contribution in [0.1, 0.15) is 35.4 Å². The molecule has 2 aliphatic rings. The molecule has 28 heavy (non-hydrogen) atoms. The Hall–Kier alpha value is -2.53. The van der Waals surface area contributed by atoms with Gasteiger partial charge in [0.25, 0.3) is 0 Å². The molecule has 0 unspecified atom stereocenters. The third kappa shape index (κ3) is 3.35. The molecule has 1 saturated heterocycles. The van der Waals surface area contributed by atoms with Crippen molar-refractivity contribution in [1.29, 1.82) is 0 Å². The van der Waals surface area contributed by atoms with Crippen LogP contribution in [0.15, 0.2) is 36.5 Å². The molecule has 1 N–H and O–H groups in total. The summed E-state index contributed by atoms with van der Waals surface area (Å²) in [6.07, 6.45) is 7.54. The monoisotopic (exact) mass is 374 g/mol. The molecule has 1 aliphatic carbocycles. The lowest BCUT2D eigenvalue weighted by Crippen LogP contribution is -2.30. The summed E-state index contributed by atoms with van der Waals surface area (Å²) >= 11 is 0. The number of nitrogens with one attached hydrogen (secondary N) is 1. The fraction of sp³-hybridized carbons (Fsp3) is 0.435. The van der Waals surface area contributed by atoms with Crippen molar-refractivity contribution in [3.05, 3.63) is 59.0 Å². The highest BCUT2D eigenvalue weighted by Crippen LogP contribution is 2.27. The summed E-state index contributed by atoms with van der Waals surface area (Å²) in [5.41, 5.74) is 6.10. The zero-order valence-electron chi connectivity index (χ0n) is 16.3. The van der Waals surface area contributed by atoms with Crippen molar-refractivity contribution in [2.75, 3.05) is 18.5 Å². The Morgan fingerprint density at radius 1 is 1.07 bits per heavy atom. The fourth-order valence-corrected chi connectivity index (χ4v) is 4.59. The molecule has 3 heterocycles. The van der Waals surface area contributed by atoms with Gasteiger partial charge in [0.1, 0.15) is 0 Å². The van der Waals surface area contributed by atoms with E-state index in [1.807, 2.05) is 12.3 Å². The third-order valence-electron chi connectivity index (χ3n) is 6.12. The maximum atomic E-state index is 5.84. The van der Waals surface area contributed by atoms with E-state index in [4.69, 9.17) is 14.7 Å². The van der Waals surface area contributed by atoms with Gasteiger partial charge in [0, 0.05) is 28.9 Å². The predicted molar refractivity (Wildman–Crippen MR) is 111 cm³/mol. The number of benzene rings is 1. The van der Waals surface area contributed by atoms with Crippen molar-refractivity contribution >= 4 is 16.9 Å². The number of ether oxygens (including phenoxy) is 1. The van der Waals surface area contributed by atoms with Crippen molar-refractivity contribution in [2.24, 2.45) is 5.92 Å². The van der Waals surface area contributed by atoms with Gasteiger partial charge in [-0.25, -0.2) is 9.97 Å². The van der Waals surface area contributed by atoms with E-state index in [1.54, 1.807) is 0 Å². The molecule has 2 aromatic heterocycles. The van der Waals surface area contributed by atoms with Gasteiger partial charge in [0.05, 0.1) is 24.8 Å². The van der Waals surface area contributed by atoms with Gasteiger partial charge in [-0.2, -0.15) is 0 Å². The van der Waals surface area contributed by atoms with E-state index in [0.29, 0.717) is 12.5 Å². The summed E-state index contributed by atoms with van der Waals surface area (Å²) in [5.74, 6) is 1.16. The lowest BCUT2D eigenvalue weighted by molar-refractivity contribution is 0.185. The number of rotatable bonds is 4. The molecule has 5 rings (SSSR count). The molecule has 1 aromatic carbocycles. The number of hydrogen-bond acceptors (Lipinski definition) is 5. The minimum atomic E-state index is 0.230. The lowest BCUT2D eigenvalue weighted by Gasteiger charge is -2.22. The Bertz CT molecular complexity index is 998. The molecule has 0 bridgehead atoms. The second-order valence-electron chi connectivity index (χ2n) is 8.00. The van der Waals surface area contributed by atoms with Gasteiger partial charge in [-0.05, 0) is 62.3 Å². The van der Waals surface area contributed by atoms with Gasteiger partial charge < -0.3 is 10.1 Å². The minimum absolute atomic E-state index is 0.230. The SMILES string of the molecule is Cc1nc(N[C@@H]2COC[C@H]2Cc2ccnc3ccccc23)nc2c1CCCC2. The molecule has 5 heteroatoms. The molecule has 0 amide bonds. The maximum absolute atomic E-state index is 5.84. The second-order valence-corrected chi connectivity index (χ2v) is 8.00. The molecule has 0 spiro atoms. The van der Waals surface area contributed by atoms with E-state index in [9.17, 15) is 0 Å². The largest absolute Gasteiger partial charge is 0.379 e. The first-order valence-corrected chi connectivity index (χ1v) is 10.3. The van der Waals surface area contributed by atoms with Crippen LogP contribution >= 0.6 is 0 Å². The normalized spacial score (nSPS) is 21.6. The maximum Gasteiger partial charge on any atom is 0.223 e. The summed E-state index contributed by atoms with van der Waals surface area (Å²) in [6.45, 7) is 3.58. The van der Waals surface area contributed by atoms with Crippen molar-refractivity contribution in [3.63, 3.8) is 0 Å². The van der Waals surface area contributed by atoms with Crippen molar-refractivity contribution in [3.8, 4) is 0 Å². The average molecular weight is 374 g/mol. The number of aryl methyl sites for hydroxylation is 2. The summed E-state index contributed by atoms with van der Waals surface area (Å²) in [6, 6.07) is 10.7. The molecule has 0 radical (unpaired) electrons. The van der Waals surface area contributed by atoms with Crippen LogP contribution < -0.4 is 5.32 Å². The van der Waals surface area contributed by atoms with Crippen LogP contribution in [0, 0.1) is 12.8 Å². The Morgan fingerprint density at radius 3 is 2.93 bits per heavy atom. The van der Waals surface area contributed by atoms with Crippen molar-refractivity contribution in [1.82, 2.24) is 15.0 Å². The lowest BCUT2D eigenvalue weighted by atomic mass is 9.93. The highest BCUT2D eigenvalue weighted by molar-refractivity contribution is 5.81. The number of anilines is 1. The summed E-state index contributed by atoms with van der Waals surface area (Å²) in [7, 11) is 0. The number of hydrogen-bond donors (Lipinski definition) is 1. The van der Waals surface area contributed by atoms with Crippen LogP contribution in [-0.4, -0.2) is 34.2 Å². The number of fused-ring (bicyclic) bond motifs is 2. The third-order valence-corrected chi connectivity index (χ3v) is 6.12. The highest BCUT2D eigenvalue weighted by atomic mass is 16.5. The predicted octanol–water partition coefficient (Wildman–Crippen LogP) is 3.88. The average Bonchev–Trinajstić information content (AvgIpc) is 3.15. The molecule has 144 valence electrons. The minimum Gasteiger partial charge on any atom is -0.379 e. The summed E-state index contributed by atoms with van der Waals surface area (Å²) < 4.78 is 5.84. The molecule has 2 atom stereocenters. The number of pyridine rings is 1. The zero-order chi connectivity index (χ0) is 18.9. The molecular weight excluding hydrogens is 348 g/mol. The van der Waals surface area contributed by atoms with E-state index < -0.39 is 0 Å². The van der Waals surface area contributed by atoms with Gasteiger partial charge in [0.2, 0.25) is 5.95 Å². The Labute approximate surface area is 165 Å². The van der Waals surface area contributed by atoms with Crippen molar-refractivity contribution in [2.45, 2.75) is 45.1 Å². The number of para-hydroxylation sites is 1. The Balaban J connectivity index is 1.37. The fourth-order valence-electron chi connectivity index (χ4n) is 4.59. The van der Waals surface area contributed by atoms with Crippen LogP contribution in [0.2, 0.25) is 0 Å². The van der Waals surface area contributed by atoms with Gasteiger partial charge >= 0.3 is 0 Å². The smallest absolute Gasteiger partial charge is 0.223 e. The van der Waals surface area contributed by atoms with E-state index in [2.05, 4.69) is 41.5 Å². The first-order chi connectivity index (χ1) is 13.8. The molecule has 1 aliphatic heterocycles. The van der Waals surface area contributed by atoms with Gasteiger partial charge in [0.15, 0.2) is 0 Å². The second kappa shape index (κ2) is 7.47. The molecule has 1 fully saturated rings. The van der Waals surface area contributed by atoms with Gasteiger partial charge in [-0.1, -0.05) is 18.2 Å². The number of nitrogens with zero attached hydrogens (tertiary/aromatic N) is 3. The summed E-state index contributed by atoms with van der Waals surface area (Å²) in [4.78, 5) is 14.1. The first-order valence-electron chi connectivity index (χ1n) is 10.3. The van der Waals surface area contributed by atoms with Crippen LogP contribution in [0.25, 0.3) is 10.9 Å². The van der Waals surface area contributed by atoms with Crippen molar-refractivity contribution < 1.29 is 4.74 Å². The quantitative estimate of drug-likeness (QED) is 0.751. The van der Waals surface area contributed by atoms with Gasteiger partial charge in [-0.15, -0.1) is 0 Å².